The summed E-state index contributed by atoms with van der Waals surface area (Å²) in [4.78, 5) is 53.1. The number of halogens is 1. The quantitative estimate of drug-likeness (QED) is 0.113. The number of nitrogens with zero attached hydrogens (tertiary/aromatic N) is 3. The Hall–Kier alpha value is -5.28. The van der Waals surface area contributed by atoms with Crippen LogP contribution in [-0.4, -0.2) is 22.8 Å². The molecule has 1 aliphatic heterocycles. The van der Waals surface area contributed by atoms with E-state index < -0.39 is 22.8 Å². The topological polar surface area (TPSA) is 110 Å². The van der Waals surface area contributed by atoms with Gasteiger partial charge in [-0.05, 0) is 66.2 Å². The fraction of sp³-hybridized carbons (Fsp3) is 0.0333. The molecule has 1 fully saturated rings. The van der Waals surface area contributed by atoms with Crippen LogP contribution in [0.5, 0.6) is 5.75 Å². The summed E-state index contributed by atoms with van der Waals surface area (Å²) >= 11 is 6.25. The van der Waals surface area contributed by atoms with Crippen LogP contribution in [0.15, 0.2) is 109 Å². The summed E-state index contributed by atoms with van der Waals surface area (Å²) in [5, 5.41) is 11.3. The van der Waals surface area contributed by atoms with E-state index >= 15 is 0 Å². The van der Waals surface area contributed by atoms with Crippen LogP contribution in [0.25, 0.3) is 6.08 Å². The number of ether oxygens (including phenoxy) is 1. The van der Waals surface area contributed by atoms with Gasteiger partial charge in [-0.25, -0.2) is 14.6 Å². The molecule has 1 saturated heterocycles. The molecule has 40 heavy (non-hydrogen) atoms. The number of non-ortho nitro benzene ring substituents is 1. The molecule has 0 bridgehead atoms. The Labute approximate surface area is 233 Å². The zero-order chi connectivity index (χ0) is 28.2. The van der Waals surface area contributed by atoms with Gasteiger partial charge in [0.1, 0.15) is 17.9 Å². The molecule has 4 aromatic rings. The monoisotopic (exact) mass is 553 g/mol. The minimum absolute atomic E-state index is 0.0459. The molecule has 198 valence electrons. The Morgan fingerprint density at radius 3 is 1.85 bits per heavy atom. The van der Waals surface area contributed by atoms with Crippen molar-refractivity contribution in [3.05, 3.63) is 135 Å². The van der Waals surface area contributed by atoms with Crippen molar-refractivity contribution in [2.75, 3.05) is 9.80 Å². The largest absolute Gasteiger partial charge is 0.488 e. The maximum atomic E-state index is 13.7. The maximum absolute atomic E-state index is 13.7. The molecule has 9 nitrogen and oxygen atoms in total. The lowest BCUT2D eigenvalue weighted by Crippen LogP contribution is -2.57. The molecule has 1 aliphatic rings. The molecular formula is C30H20ClN3O6. The second-order valence-electron chi connectivity index (χ2n) is 8.69. The van der Waals surface area contributed by atoms with E-state index in [9.17, 15) is 24.5 Å². The van der Waals surface area contributed by atoms with E-state index in [4.69, 9.17) is 16.3 Å². The lowest BCUT2D eigenvalue weighted by molar-refractivity contribution is -0.384. The number of hydrogen-bond donors (Lipinski definition) is 0. The number of urea groups is 1. The number of carbonyl (C=O) groups excluding carboxylic acids is 3. The van der Waals surface area contributed by atoms with Crippen LogP contribution in [0.4, 0.5) is 21.9 Å². The molecular weight excluding hydrogens is 534 g/mol. The van der Waals surface area contributed by atoms with Crippen LogP contribution in [0.2, 0.25) is 5.02 Å². The maximum Gasteiger partial charge on any atom is 0.343 e. The van der Waals surface area contributed by atoms with Gasteiger partial charge in [-0.1, -0.05) is 48.0 Å². The average molecular weight is 554 g/mol. The third-order valence-electron chi connectivity index (χ3n) is 6.09. The molecule has 0 aromatic heterocycles. The molecule has 1 heterocycles. The van der Waals surface area contributed by atoms with Crippen molar-refractivity contribution in [2.45, 2.75) is 6.61 Å². The number of imide groups is 2. The predicted molar refractivity (Wildman–Crippen MR) is 150 cm³/mol. The molecule has 10 heteroatoms. The minimum Gasteiger partial charge on any atom is -0.488 e. The van der Waals surface area contributed by atoms with E-state index in [1.807, 2.05) is 0 Å². The number of rotatable bonds is 7. The Balaban J connectivity index is 1.54. The van der Waals surface area contributed by atoms with Crippen LogP contribution in [0, 0.1) is 10.1 Å². The number of benzene rings is 4. The fourth-order valence-electron chi connectivity index (χ4n) is 4.13. The molecule has 0 aliphatic carbocycles. The molecule has 0 radical (unpaired) electrons. The smallest absolute Gasteiger partial charge is 0.343 e. The first kappa shape index (κ1) is 26.3. The zero-order valence-electron chi connectivity index (χ0n) is 20.8. The van der Waals surface area contributed by atoms with Gasteiger partial charge in [0.2, 0.25) is 0 Å². The molecule has 4 amide bonds. The number of hydrogen-bond acceptors (Lipinski definition) is 6. The van der Waals surface area contributed by atoms with Gasteiger partial charge in [0.25, 0.3) is 17.5 Å². The lowest BCUT2D eigenvalue weighted by atomic mass is 10.0. The number of anilines is 2. The zero-order valence-corrected chi connectivity index (χ0v) is 21.5. The van der Waals surface area contributed by atoms with Crippen molar-refractivity contribution < 1.29 is 24.0 Å². The number of nitro groups is 1. The highest BCUT2D eigenvalue weighted by atomic mass is 35.5. The van der Waals surface area contributed by atoms with E-state index in [1.54, 1.807) is 84.9 Å². The van der Waals surface area contributed by atoms with Crippen LogP contribution < -0.4 is 14.5 Å². The highest BCUT2D eigenvalue weighted by Gasteiger charge is 2.43. The van der Waals surface area contributed by atoms with E-state index in [2.05, 4.69) is 0 Å². The number of amides is 4. The van der Waals surface area contributed by atoms with E-state index in [1.165, 1.54) is 24.3 Å². The molecule has 5 rings (SSSR count). The normalized spacial score (nSPS) is 13.4. The highest BCUT2D eigenvalue weighted by molar-refractivity contribution is 6.46. The highest BCUT2D eigenvalue weighted by Crippen LogP contribution is 2.32. The van der Waals surface area contributed by atoms with Gasteiger partial charge in [0.05, 0.1) is 16.3 Å². The van der Waals surface area contributed by atoms with Crippen molar-refractivity contribution in [2.24, 2.45) is 0 Å². The van der Waals surface area contributed by atoms with E-state index in [0.29, 0.717) is 33.3 Å². The summed E-state index contributed by atoms with van der Waals surface area (Å²) in [7, 11) is 0. The van der Waals surface area contributed by atoms with E-state index in [-0.39, 0.29) is 17.9 Å². The Kier molecular flexibility index (Phi) is 7.39. The Morgan fingerprint density at radius 2 is 1.32 bits per heavy atom. The lowest BCUT2D eigenvalue weighted by Gasteiger charge is -2.34. The molecule has 0 N–H and O–H groups in total. The van der Waals surface area contributed by atoms with Crippen molar-refractivity contribution >= 4 is 52.6 Å². The van der Waals surface area contributed by atoms with E-state index in [0.717, 1.165) is 9.80 Å². The summed E-state index contributed by atoms with van der Waals surface area (Å²) in [5.41, 5.74) is 1.29. The Morgan fingerprint density at radius 1 is 0.775 bits per heavy atom. The number of barbiturate groups is 1. The standard InChI is InChI=1S/C30H20ClN3O6/c31-22-13-16-27(40-19-20-11-14-25(15-12-20)34(38)39)21(17-22)18-26-28(35)32(23-7-3-1-4-8-23)30(37)33(29(26)36)24-9-5-2-6-10-24/h1-18H,19H2. The third-order valence-corrected chi connectivity index (χ3v) is 6.33. The summed E-state index contributed by atoms with van der Waals surface area (Å²) in [5.74, 6) is -1.28. The van der Waals surface area contributed by atoms with Crippen molar-refractivity contribution in [3.8, 4) is 5.75 Å². The first-order valence-corrected chi connectivity index (χ1v) is 12.4. The number of carbonyl (C=O) groups is 3. The molecule has 0 saturated carbocycles. The van der Waals surface area contributed by atoms with Gasteiger partial charge in [-0.2, -0.15) is 0 Å². The summed E-state index contributed by atoms with van der Waals surface area (Å²) in [6, 6.07) is 26.4. The SMILES string of the molecule is O=C1C(=Cc2cc(Cl)ccc2OCc2ccc([N+](=O)[O-])cc2)C(=O)N(c2ccccc2)C(=O)N1c1ccccc1. The summed E-state index contributed by atoms with van der Waals surface area (Å²) in [6.45, 7) is 0.0580. The van der Waals surface area contributed by atoms with Crippen molar-refractivity contribution in [3.63, 3.8) is 0 Å². The Bertz CT molecular complexity index is 1580. The van der Waals surface area contributed by atoms with Crippen molar-refractivity contribution in [1.82, 2.24) is 0 Å². The van der Waals surface area contributed by atoms with Gasteiger partial charge in [0.15, 0.2) is 0 Å². The predicted octanol–water partition coefficient (Wildman–Crippen LogP) is 6.41. The molecule has 0 unspecified atom stereocenters. The van der Waals surface area contributed by atoms with Gasteiger partial charge < -0.3 is 4.74 Å². The summed E-state index contributed by atoms with van der Waals surface area (Å²) < 4.78 is 5.94. The molecule has 0 atom stereocenters. The fourth-order valence-corrected chi connectivity index (χ4v) is 4.31. The number of nitro benzene ring substituents is 1. The van der Waals surface area contributed by atoms with Gasteiger partial charge >= 0.3 is 6.03 Å². The van der Waals surface area contributed by atoms with Gasteiger partial charge in [-0.15, -0.1) is 0 Å². The number of para-hydroxylation sites is 2. The molecule has 4 aromatic carbocycles. The van der Waals surface area contributed by atoms with Gasteiger partial charge in [0, 0.05) is 22.7 Å². The van der Waals surface area contributed by atoms with Crippen LogP contribution in [0.3, 0.4) is 0 Å². The first-order chi connectivity index (χ1) is 19.3. The first-order valence-electron chi connectivity index (χ1n) is 12.0. The third kappa shape index (κ3) is 5.31. The van der Waals surface area contributed by atoms with Crippen LogP contribution >= 0.6 is 11.6 Å². The average Bonchev–Trinajstić information content (AvgIpc) is 2.96. The van der Waals surface area contributed by atoms with Gasteiger partial charge in [-0.3, -0.25) is 19.7 Å². The van der Waals surface area contributed by atoms with Crippen LogP contribution in [0.1, 0.15) is 11.1 Å². The second kappa shape index (κ2) is 11.2. The van der Waals surface area contributed by atoms with Crippen LogP contribution in [-0.2, 0) is 16.2 Å². The minimum atomic E-state index is -0.801. The second-order valence-corrected chi connectivity index (χ2v) is 9.12. The van der Waals surface area contributed by atoms with Crippen molar-refractivity contribution in [1.29, 1.82) is 0 Å². The summed E-state index contributed by atoms with van der Waals surface area (Å²) in [6.07, 6.45) is 1.35. The molecule has 0 spiro atoms.